The summed E-state index contributed by atoms with van der Waals surface area (Å²) in [5, 5.41) is 15.0. The predicted molar refractivity (Wildman–Crippen MR) is 130 cm³/mol. The molecule has 0 aliphatic carbocycles. The van der Waals surface area contributed by atoms with Crippen molar-refractivity contribution in [3.63, 3.8) is 0 Å². The molecule has 36 heavy (non-hydrogen) atoms. The highest BCUT2D eigenvalue weighted by Gasteiger charge is 2.48. The molecule has 3 aromatic carbocycles. The number of benzene rings is 3. The van der Waals surface area contributed by atoms with Gasteiger partial charge in [-0.3, -0.25) is 14.5 Å². The number of rotatable bonds is 6. The number of aliphatic hydroxyl groups excluding tert-OH is 1. The number of aromatic nitrogens is 1. The molecular formula is C28H21FN2O5. The molecule has 7 nitrogen and oxygen atoms in total. The largest absolute Gasteiger partial charge is 0.507 e. The van der Waals surface area contributed by atoms with E-state index in [1.54, 1.807) is 31.2 Å². The molecule has 1 atom stereocenters. The number of carbonyl (C=O) groups is 2. The summed E-state index contributed by atoms with van der Waals surface area (Å²) in [7, 11) is 0. The van der Waals surface area contributed by atoms with Gasteiger partial charge in [0, 0.05) is 11.6 Å². The van der Waals surface area contributed by atoms with Crippen molar-refractivity contribution in [2.75, 3.05) is 4.90 Å². The molecule has 1 fully saturated rings. The van der Waals surface area contributed by atoms with E-state index in [4.69, 9.17) is 9.26 Å². The van der Waals surface area contributed by atoms with Gasteiger partial charge in [0.05, 0.1) is 11.6 Å². The highest BCUT2D eigenvalue weighted by atomic mass is 19.1. The Bertz CT molecular complexity index is 1440. The number of Topliss-reactive ketones (excluding diaryl/α,β-unsaturated/α-hetero) is 1. The third-order valence-corrected chi connectivity index (χ3v) is 5.87. The highest BCUT2D eigenvalue weighted by molar-refractivity contribution is 6.51. The van der Waals surface area contributed by atoms with Gasteiger partial charge in [-0.05, 0) is 54.4 Å². The number of nitrogens with zero attached hydrogens (tertiary/aromatic N) is 2. The van der Waals surface area contributed by atoms with Crippen molar-refractivity contribution < 1.29 is 28.3 Å². The Hall–Kier alpha value is -4.72. The highest BCUT2D eigenvalue weighted by Crippen LogP contribution is 2.42. The monoisotopic (exact) mass is 484 g/mol. The van der Waals surface area contributed by atoms with Crippen LogP contribution in [0.2, 0.25) is 0 Å². The molecule has 0 radical (unpaired) electrons. The first-order valence-electron chi connectivity index (χ1n) is 11.2. The van der Waals surface area contributed by atoms with Crippen LogP contribution in [0.3, 0.4) is 0 Å². The SMILES string of the molecule is Cc1cc(N2C(=O)C(=O)/C(=C(\O)c3ccc(F)cc3)C2c2ccc(OCc3ccccc3)cc2)no1. The number of hydrogen-bond donors (Lipinski definition) is 1. The van der Waals surface area contributed by atoms with Crippen LogP contribution in [0.1, 0.15) is 28.5 Å². The van der Waals surface area contributed by atoms with E-state index in [1.165, 1.54) is 35.2 Å². The standard InChI is InChI=1S/C28H21FN2O5/c1-17-15-23(30-36-17)31-25(19-9-13-22(14-10-19)35-16-18-5-3-2-4-6-18)24(27(33)28(31)34)26(32)20-7-11-21(29)12-8-20/h2-15,25,32H,16H2,1H3/b26-24-. The van der Waals surface area contributed by atoms with Crippen molar-refractivity contribution >= 4 is 23.3 Å². The smallest absolute Gasteiger partial charge is 0.301 e. The van der Waals surface area contributed by atoms with Crippen LogP contribution >= 0.6 is 0 Å². The van der Waals surface area contributed by atoms with Crippen LogP contribution in [0.4, 0.5) is 10.2 Å². The fraction of sp³-hybridized carbons (Fsp3) is 0.107. The number of anilines is 1. The average Bonchev–Trinajstić information content (AvgIpc) is 3.44. The van der Waals surface area contributed by atoms with Crippen molar-refractivity contribution in [2.45, 2.75) is 19.6 Å². The van der Waals surface area contributed by atoms with Gasteiger partial charge < -0.3 is 14.4 Å². The van der Waals surface area contributed by atoms with E-state index in [1.807, 2.05) is 30.3 Å². The molecular weight excluding hydrogens is 463 g/mol. The van der Waals surface area contributed by atoms with Crippen LogP contribution in [-0.4, -0.2) is 22.0 Å². The first-order chi connectivity index (χ1) is 17.4. The Balaban J connectivity index is 1.54. The number of carbonyl (C=O) groups excluding carboxylic acids is 2. The van der Waals surface area contributed by atoms with Crippen LogP contribution in [0.25, 0.3) is 5.76 Å². The summed E-state index contributed by atoms with van der Waals surface area (Å²) in [6.45, 7) is 2.04. The molecule has 0 saturated carbocycles. The molecule has 1 saturated heterocycles. The van der Waals surface area contributed by atoms with Crippen molar-refractivity contribution in [3.8, 4) is 5.75 Å². The van der Waals surface area contributed by atoms with E-state index in [9.17, 15) is 19.1 Å². The summed E-state index contributed by atoms with van der Waals surface area (Å²) in [6.07, 6.45) is 0. The van der Waals surface area contributed by atoms with Gasteiger partial charge >= 0.3 is 5.91 Å². The second-order valence-corrected chi connectivity index (χ2v) is 8.32. The second kappa shape index (κ2) is 9.50. The van der Waals surface area contributed by atoms with Gasteiger partial charge in [-0.2, -0.15) is 0 Å². The maximum absolute atomic E-state index is 13.4. The Morgan fingerprint density at radius 2 is 1.72 bits per heavy atom. The normalized spacial score (nSPS) is 16.9. The zero-order chi connectivity index (χ0) is 25.2. The summed E-state index contributed by atoms with van der Waals surface area (Å²) < 4.78 is 24.4. The summed E-state index contributed by atoms with van der Waals surface area (Å²) in [6, 6.07) is 22.2. The van der Waals surface area contributed by atoms with Crippen LogP contribution in [0.15, 0.2) is 95.0 Å². The van der Waals surface area contributed by atoms with Crippen molar-refractivity contribution in [1.82, 2.24) is 5.16 Å². The predicted octanol–water partition coefficient (Wildman–Crippen LogP) is 5.33. The number of ketones is 1. The summed E-state index contributed by atoms with van der Waals surface area (Å²) >= 11 is 0. The number of hydrogen-bond acceptors (Lipinski definition) is 6. The lowest BCUT2D eigenvalue weighted by Crippen LogP contribution is -2.29. The zero-order valence-corrected chi connectivity index (χ0v) is 19.2. The van der Waals surface area contributed by atoms with Gasteiger partial charge in [-0.1, -0.05) is 47.6 Å². The average molecular weight is 484 g/mol. The van der Waals surface area contributed by atoms with Crippen LogP contribution in [0.5, 0.6) is 5.75 Å². The summed E-state index contributed by atoms with van der Waals surface area (Å²) in [5.74, 6) is -1.46. The van der Waals surface area contributed by atoms with Crippen molar-refractivity contribution in [3.05, 3.63) is 119 Å². The molecule has 0 spiro atoms. The Kier molecular flexibility index (Phi) is 6.08. The zero-order valence-electron chi connectivity index (χ0n) is 19.2. The molecule has 1 amide bonds. The summed E-state index contributed by atoms with van der Waals surface area (Å²) in [4.78, 5) is 27.4. The summed E-state index contributed by atoms with van der Waals surface area (Å²) in [5.41, 5.74) is 1.63. The van der Waals surface area contributed by atoms with Gasteiger partial charge in [-0.15, -0.1) is 0 Å². The number of ether oxygens (including phenoxy) is 1. The lowest BCUT2D eigenvalue weighted by atomic mass is 9.95. The van der Waals surface area contributed by atoms with Crippen molar-refractivity contribution in [1.29, 1.82) is 0 Å². The molecule has 0 bridgehead atoms. The van der Waals surface area contributed by atoms with E-state index >= 15 is 0 Å². The fourth-order valence-corrected chi connectivity index (χ4v) is 4.10. The second-order valence-electron chi connectivity index (χ2n) is 8.32. The third-order valence-electron chi connectivity index (χ3n) is 5.87. The molecule has 1 aliphatic rings. The Morgan fingerprint density at radius 1 is 1.03 bits per heavy atom. The quantitative estimate of drug-likeness (QED) is 0.226. The van der Waals surface area contributed by atoms with E-state index in [2.05, 4.69) is 5.16 Å². The molecule has 1 unspecified atom stereocenters. The van der Waals surface area contributed by atoms with Crippen LogP contribution < -0.4 is 9.64 Å². The maximum Gasteiger partial charge on any atom is 0.301 e. The minimum absolute atomic E-state index is 0.134. The van der Waals surface area contributed by atoms with Gasteiger partial charge in [0.15, 0.2) is 5.82 Å². The minimum atomic E-state index is -0.984. The molecule has 1 aromatic heterocycles. The topological polar surface area (TPSA) is 92.9 Å². The molecule has 180 valence electrons. The van der Waals surface area contributed by atoms with Crippen LogP contribution in [-0.2, 0) is 16.2 Å². The minimum Gasteiger partial charge on any atom is -0.507 e. The van der Waals surface area contributed by atoms with Gasteiger partial charge in [0.1, 0.15) is 29.7 Å². The van der Waals surface area contributed by atoms with Gasteiger partial charge in [0.2, 0.25) is 0 Å². The lowest BCUT2D eigenvalue weighted by molar-refractivity contribution is -0.132. The third kappa shape index (κ3) is 4.36. The molecule has 1 aliphatic heterocycles. The number of amides is 1. The van der Waals surface area contributed by atoms with Gasteiger partial charge in [0.25, 0.3) is 5.78 Å². The number of aryl methyl sites for hydroxylation is 1. The fourth-order valence-electron chi connectivity index (χ4n) is 4.10. The van der Waals surface area contributed by atoms with Crippen molar-refractivity contribution in [2.24, 2.45) is 0 Å². The number of aliphatic hydroxyl groups is 1. The lowest BCUT2D eigenvalue weighted by Gasteiger charge is -2.23. The molecule has 5 rings (SSSR count). The van der Waals surface area contributed by atoms with Gasteiger partial charge in [-0.25, -0.2) is 4.39 Å². The van der Waals surface area contributed by atoms with E-state index < -0.39 is 29.3 Å². The molecule has 8 heteroatoms. The van der Waals surface area contributed by atoms with E-state index in [-0.39, 0.29) is 17.0 Å². The first kappa shape index (κ1) is 23.0. The first-order valence-corrected chi connectivity index (χ1v) is 11.2. The molecule has 4 aromatic rings. The molecule has 2 heterocycles. The van der Waals surface area contributed by atoms with E-state index in [0.29, 0.717) is 23.7 Å². The van der Waals surface area contributed by atoms with E-state index in [0.717, 1.165) is 5.56 Å². The Morgan fingerprint density at radius 3 is 2.36 bits per heavy atom. The molecule has 1 N–H and O–H groups in total. The number of halogens is 1. The van der Waals surface area contributed by atoms with Crippen LogP contribution in [0, 0.1) is 12.7 Å². The Labute approximate surface area is 206 Å². The maximum atomic E-state index is 13.4.